The van der Waals surface area contributed by atoms with Crippen molar-refractivity contribution in [2.24, 2.45) is 11.8 Å². The Balaban J connectivity index is 3.53. The first-order chi connectivity index (χ1) is 9.95. The molecule has 0 radical (unpaired) electrons. The standard InChI is InChI=1S/C15H31NO4S/c1-3-4-5-6-7-8-9-10-11-12-13-14(2)15(17)21(18,19)20-16/h14H,3-13,16H2,1-2H3. The Morgan fingerprint density at radius 3 is 1.81 bits per heavy atom. The molecule has 0 aromatic heterocycles. The number of carbonyl (C=O) groups is 1. The highest BCUT2D eigenvalue weighted by atomic mass is 32.2. The summed E-state index contributed by atoms with van der Waals surface area (Å²) in [5.41, 5.74) is 0. The number of hydrogen-bond donors (Lipinski definition) is 1. The van der Waals surface area contributed by atoms with Crippen LogP contribution in [-0.2, 0) is 19.2 Å². The van der Waals surface area contributed by atoms with Crippen molar-refractivity contribution < 1.29 is 17.5 Å². The van der Waals surface area contributed by atoms with Crippen molar-refractivity contribution in [3.8, 4) is 0 Å². The molecule has 0 heterocycles. The Kier molecular flexibility index (Phi) is 11.9. The number of carbonyl (C=O) groups excluding carboxylic acids is 1. The van der Waals surface area contributed by atoms with Gasteiger partial charge in [-0.2, -0.15) is 18.6 Å². The zero-order valence-corrected chi connectivity index (χ0v) is 14.3. The third-order valence-corrected chi connectivity index (χ3v) is 4.91. The van der Waals surface area contributed by atoms with E-state index in [1.54, 1.807) is 6.92 Å². The Hall–Kier alpha value is -0.460. The van der Waals surface area contributed by atoms with Crippen LogP contribution in [-0.4, -0.2) is 13.5 Å². The fourth-order valence-corrected chi connectivity index (χ4v) is 3.06. The lowest BCUT2D eigenvalue weighted by Crippen LogP contribution is -2.26. The molecule has 1 atom stereocenters. The van der Waals surface area contributed by atoms with Crippen LogP contribution >= 0.6 is 0 Å². The van der Waals surface area contributed by atoms with Crippen molar-refractivity contribution in [2.45, 2.75) is 84.5 Å². The van der Waals surface area contributed by atoms with Gasteiger partial charge in [0, 0.05) is 5.92 Å². The molecule has 0 spiro atoms. The summed E-state index contributed by atoms with van der Waals surface area (Å²) in [6.07, 6.45) is 12.7. The number of rotatable bonds is 13. The van der Waals surface area contributed by atoms with Crippen LogP contribution < -0.4 is 5.90 Å². The summed E-state index contributed by atoms with van der Waals surface area (Å²) in [6.45, 7) is 3.82. The maximum absolute atomic E-state index is 11.5. The number of unbranched alkanes of at least 4 members (excludes halogenated alkanes) is 9. The minimum atomic E-state index is -4.22. The molecular formula is C15H31NO4S. The molecule has 0 amide bonds. The van der Waals surface area contributed by atoms with Gasteiger partial charge in [-0.25, -0.2) is 0 Å². The molecule has 1 unspecified atom stereocenters. The van der Waals surface area contributed by atoms with Gasteiger partial charge in [-0.1, -0.05) is 78.1 Å². The van der Waals surface area contributed by atoms with Crippen molar-refractivity contribution in [1.29, 1.82) is 0 Å². The van der Waals surface area contributed by atoms with Crippen LogP contribution in [0.25, 0.3) is 0 Å². The fraction of sp³-hybridized carbons (Fsp3) is 0.933. The smallest absolute Gasteiger partial charge is 0.279 e. The lowest BCUT2D eigenvalue weighted by molar-refractivity contribution is -0.115. The molecule has 5 nitrogen and oxygen atoms in total. The summed E-state index contributed by atoms with van der Waals surface area (Å²) in [7, 11) is -4.22. The fourth-order valence-electron chi connectivity index (χ4n) is 2.35. The van der Waals surface area contributed by atoms with Crippen LogP contribution in [0.1, 0.15) is 84.5 Å². The monoisotopic (exact) mass is 321 g/mol. The van der Waals surface area contributed by atoms with E-state index in [1.165, 1.54) is 44.9 Å². The molecule has 6 heteroatoms. The third kappa shape index (κ3) is 9.98. The summed E-state index contributed by atoms with van der Waals surface area (Å²) in [5, 5.41) is -0.916. The van der Waals surface area contributed by atoms with E-state index in [1.807, 2.05) is 0 Å². The number of nitrogens with two attached hydrogens (primary N) is 1. The highest BCUT2D eigenvalue weighted by Crippen LogP contribution is 2.16. The van der Waals surface area contributed by atoms with Gasteiger partial charge in [0.1, 0.15) is 0 Å². The predicted molar refractivity (Wildman–Crippen MR) is 84.8 cm³/mol. The molecule has 0 saturated carbocycles. The van der Waals surface area contributed by atoms with Crippen LogP contribution in [0.15, 0.2) is 0 Å². The molecule has 0 aromatic carbocycles. The largest absolute Gasteiger partial charge is 0.347 e. The Morgan fingerprint density at radius 1 is 0.952 bits per heavy atom. The molecule has 126 valence electrons. The molecule has 0 aliphatic heterocycles. The van der Waals surface area contributed by atoms with E-state index in [-0.39, 0.29) is 0 Å². The van der Waals surface area contributed by atoms with Gasteiger partial charge >= 0.3 is 10.1 Å². The Bertz CT molecular complexity index is 368. The van der Waals surface area contributed by atoms with E-state index in [0.29, 0.717) is 6.42 Å². The van der Waals surface area contributed by atoms with Crippen molar-refractivity contribution >= 4 is 15.2 Å². The Labute approximate surface area is 129 Å². The summed E-state index contributed by atoms with van der Waals surface area (Å²) >= 11 is 0. The molecule has 0 aliphatic carbocycles. The maximum atomic E-state index is 11.5. The lowest BCUT2D eigenvalue weighted by Gasteiger charge is -2.09. The molecule has 0 rings (SSSR count). The van der Waals surface area contributed by atoms with Gasteiger partial charge in [0.2, 0.25) is 0 Å². The van der Waals surface area contributed by atoms with E-state index >= 15 is 0 Å². The number of hydrogen-bond acceptors (Lipinski definition) is 5. The normalized spacial score (nSPS) is 13.3. The van der Waals surface area contributed by atoms with Gasteiger partial charge in [0.25, 0.3) is 5.12 Å². The second kappa shape index (κ2) is 12.1. The van der Waals surface area contributed by atoms with Crippen LogP contribution in [0.3, 0.4) is 0 Å². The molecule has 2 N–H and O–H groups in total. The first-order valence-electron chi connectivity index (χ1n) is 8.13. The quantitative estimate of drug-likeness (QED) is 0.413. The molecule has 0 saturated heterocycles. The van der Waals surface area contributed by atoms with Gasteiger partial charge in [0.15, 0.2) is 0 Å². The van der Waals surface area contributed by atoms with Gasteiger partial charge in [0.05, 0.1) is 0 Å². The van der Waals surface area contributed by atoms with Crippen molar-refractivity contribution in [2.75, 3.05) is 0 Å². The van der Waals surface area contributed by atoms with Crippen molar-refractivity contribution in [1.82, 2.24) is 0 Å². The topological polar surface area (TPSA) is 86.5 Å². The van der Waals surface area contributed by atoms with Crippen LogP contribution in [0.4, 0.5) is 0 Å². The van der Waals surface area contributed by atoms with E-state index in [4.69, 9.17) is 0 Å². The molecular weight excluding hydrogens is 290 g/mol. The molecule has 0 aliphatic rings. The van der Waals surface area contributed by atoms with Crippen LogP contribution in [0.5, 0.6) is 0 Å². The van der Waals surface area contributed by atoms with Crippen molar-refractivity contribution in [3.63, 3.8) is 0 Å². The molecule has 0 fully saturated rings. The summed E-state index contributed by atoms with van der Waals surface area (Å²) in [6, 6.07) is 0. The minimum Gasteiger partial charge on any atom is -0.279 e. The van der Waals surface area contributed by atoms with E-state index in [2.05, 4.69) is 17.1 Å². The first kappa shape index (κ1) is 20.5. The summed E-state index contributed by atoms with van der Waals surface area (Å²) in [4.78, 5) is 11.5. The van der Waals surface area contributed by atoms with Gasteiger partial charge < -0.3 is 0 Å². The van der Waals surface area contributed by atoms with Gasteiger partial charge in [-0.3, -0.25) is 4.79 Å². The second-order valence-electron chi connectivity index (χ2n) is 5.74. The van der Waals surface area contributed by atoms with Gasteiger partial charge in [-0.15, -0.1) is 0 Å². The van der Waals surface area contributed by atoms with E-state index in [9.17, 15) is 13.2 Å². The van der Waals surface area contributed by atoms with Crippen LogP contribution in [0, 0.1) is 5.92 Å². The zero-order valence-electron chi connectivity index (χ0n) is 13.5. The molecule has 21 heavy (non-hydrogen) atoms. The second-order valence-corrected chi connectivity index (χ2v) is 7.24. The average molecular weight is 321 g/mol. The van der Waals surface area contributed by atoms with E-state index < -0.39 is 21.2 Å². The zero-order chi connectivity index (χ0) is 16.1. The highest BCUT2D eigenvalue weighted by Gasteiger charge is 2.27. The minimum absolute atomic E-state index is 0.549. The maximum Gasteiger partial charge on any atom is 0.347 e. The SMILES string of the molecule is CCCCCCCCCCCCC(C)C(=O)S(=O)(=O)ON. The first-order valence-corrected chi connectivity index (χ1v) is 9.53. The van der Waals surface area contributed by atoms with E-state index in [0.717, 1.165) is 19.3 Å². The van der Waals surface area contributed by atoms with Crippen LogP contribution in [0.2, 0.25) is 0 Å². The molecule has 0 aromatic rings. The summed E-state index contributed by atoms with van der Waals surface area (Å²) < 4.78 is 26.0. The summed E-state index contributed by atoms with van der Waals surface area (Å²) in [5.74, 6) is 4.04. The van der Waals surface area contributed by atoms with Crippen molar-refractivity contribution in [3.05, 3.63) is 0 Å². The third-order valence-electron chi connectivity index (χ3n) is 3.77. The van der Waals surface area contributed by atoms with Gasteiger partial charge in [-0.05, 0) is 6.42 Å². The lowest BCUT2D eigenvalue weighted by atomic mass is 10.0. The Morgan fingerprint density at radius 2 is 1.38 bits per heavy atom. The average Bonchev–Trinajstić information content (AvgIpc) is 2.48. The molecule has 0 bridgehead atoms. The highest BCUT2D eigenvalue weighted by molar-refractivity contribution is 8.02. The predicted octanol–water partition coefficient (Wildman–Crippen LogP) is 3.68.